The van der Waals surface area contributed by atoms with Crippen LogP contribution in [0, 0.1) is 0 Å². The van der Waals surface area contributed by atoms with Crippen molar-refractivity contribution < 1.29 is 18.3 Å². The monoisotopic (exact) mass is 533 g/mol. The molecule has 0 saturated heterocycles. The van der Waals surface area contributed by atoms with Crippen LogP contribution in [0.25, 0.3) is 23.1 Å². The predicted octanol–water partition coefficient (Wildman–Crippen LogP) is 6.18. The van der Waals surface area contributed by atoms with Crippen LogP contribution < -0.4 is 0 Å². The predicted molar refractivity (Wildman–Crippen MR) is 150 cm³/mol. The molecule has 5 nitrogen and oxygen atoms in total. The van der Waals surface area contributed by atoms with E-state index < -0.39 is 26.5 Å². The minimum Gasteiger partial charge on any atom is -0.386 e. The highest BCUT2D eigenvalue weighted by atomic mass is 35.5. The molecule has 0 bridgehead atoms. The van der Waals surface area contributed by atoms with Crippen molar-refractivity contribution in [3.05, 3.63) is 112 Å². The normalized spacial score (nSPS) is 13.2. The van der Waals surface area contributed by atoms with Gasteiger partial charge < -0.3 is 5.11 Å². The van der Waals surface area contributed by atoms with Gasteiger partial charge in [0.2, 0.25) is 9.84 Å². The number of hydrogen-bond acceptors (Lipinski definition) is 5. The van der Waals surface area contributed by atoms with Gasteiger partial charge >= 0.3 is 0 Å². The molecular formula is C30H28ClNO4S. The van der Waals surface area contributed by atoms with Crippen molar-refractivity contribution >= 4 is 49.6 Å². The first-order valence-corrected chi connectivity index (χ1v) is 14.1. The summed E-state index contributed by atoms with van der Waals surface area (Å²) in [6.07, 6.45) is 4.81. The van der Waals surface area contributed by atoms with E-state index in [9.17, 15) is 18.3 Å². The number of sulfone groups is 1. The second-order valence-electron chi connectivity index (χ2n) is 9.64. The van der Waals surface area contributed by atoms with E-state index in [1.165, 1.54) is 0 Å². The molecule has 7 heteroatoms. The highest BCUT2D eigenvalue weighted by Gasteiger charge is 2.31. The molecule has 0 fully saturated rings. The second-order valence-corrected chi connectivity index (χ2v) is 12.0. The number of nitrogens with zero attached hydrogens (tertiary/aromatic N) is 1. The summed E-state index contributed by atoms with van der Waals surface area (Å²) in [6, 6.07) is 23.9. The molecule has 4 aromatic rings. The van der Waals surface area contributed by atoms with Crippen LogP contribution in [0.15, 0.2) is 78.9 Å². The quantitative estimate of drug-likeness (QED) is 0.306. The lowest BCUT2D eigenvalue weighted by Gasteiger charge is -2.24. The molecule has 0 aliphatic rings. The molecule has 1 atom stereocenters. The van der Waals surface area contributed by atoms with Gasteiger partial charge in [-0.1, -0.05) is 78.3 Å². The van der Waals surface area contributed by atoms with Crippen molar-refractivity contribution in [2.24, 2.45) is 0 Å². The molecular weight excluding hydrogens is 506 g/mol. The van der Waals surface area contributed by atoms with E-state index in [4.69, 9.17) is 11.6 Å². The van der Waals surface area contributed by atoms with Crippen molar-refractivity contribution in [2.75, 3.05) is 6.26 Å². The van der Waals surface area contributed by atoms with Gasteiger partial charge in [-0.05, 0) is 66.8 Å². The van der Waals surface area contributed by atoms with Crippen LogP contribution in [0.1, 0.15) is 47.7 Å². The average Bonchev–Trinajstić information content (AvgIpc) is 2.84. The van der Waals surface area contributed by atoms with Crippen LogP contribution in [0.2, 0.25) is 5.02 Å². The first-order chi connectivity index (χ1) is 17.4. The molecule has 1 aromatic heterocycles. The Hall–Kier alpha value is -3.32. The molecule has 0 saturated carbocycles. The average molecular weight is 534 g/mol. The van der Waals surface area contributed by atoms with Crippen molar-refractivity contribution in [3.8, 4) is 0 Å². The second kappa shape index (κ2) is 10.6. The number of aromatic nitrogens is 1. The summed E-state index contributed by atoms with van der Waals surface area (Å²) in [7, 11) is -3.95. The van der Waals surface area contributed by atoms with Gasteiger partial charge in [-0.25, -0.2) is 13.4 Å². The molecule has 3 aromatic carbocycles. The maximum atomic E-state index is 13.1. The topological polar surface area (TPSA) is 84.3 Å². The molecule has 1 N–H and O–H groups in total. The van der Waals surface area contributed by atoms with Gasteiger partial charge in [0.25, 0.3) is 5.12 Å². The Balaban J connectivity index is 1.69. The summed E-state index contributed by atoms with van der Waals surface area (Å²) < 4.78 is 24.6. The summed E-state index contributed by atoms with van der Waals surface area (Å²) in [5, 5.41) is 11.4. The molecule has 0 aliphatic heterocycles. The zero-order chi connectivity index (χ0) is 26.8. The van der Waals surface area contributed by atoms with Crippen LogP contribution >= 0.6 is 11.6 Å². The number of halogens is 1. The van der Waals surface area contributed by atoms with Crippen molar-refractivity contribution in [1.29, 1.82) is 0 Å². The van der Waals surface area contributed by atoms with Crippen LogP contribution in [0.3, 0.4) is 0 Å². The Kier molecular flexibility index (Phi) is 7.64. The maximum absolute atomic E-state index is 13.1. The molecule has 0 unspecified atom stereocenters. The number of aliphatic hydroxyl groups is 1. The fourth-order valence-corrected chi connectivity index (χ4v) is 5.27. The van der Waals surface area contributed by atoms with Gasteiger partial charge in [-0.3, -0.25) is 4.79 Å². The number of carbonyl (C=O) groups excluding carboxylic acids is 1. The molecule has 0 amide bonds. The van der Waals surface area contributed by atoms with Gasteiger partial charge in [0.05, 0.1) is 22.7 Å². The number of hydrogen-bond donors (Lipinski definition) is 1. The van der Waals surface area contributed by atoms with Crippen LogP contribution in [-0.2, 0) is 26.7 Å². The van der Waals surface area contributed by atoms with Crippen LogP contribution in [0.4, 0.5) is 0 Å². The van der Waals surface area contributed by atoms with E-state index in [2.05, 4.69) is 4.98 Å². The summed E-state index contributed by atoms with van der Waals surface area (Å²) in [5.41, 5.74) is 3.14. The van der Waals surface area contributed by atoms with Gasteiger partial charge in [0, 0.05) is 16.7 Å². The fourth-order valence-electron chi connectivity index (χ4n) is 4.37. The Morgan fingerprint density at radius 2 is 1.73 bits per heavy atom. The molecule has 0 radical (unpaired) electrons. The van der Waals surface area contributed by atoms with Gasteiger partial charge in [0.15, 0.2) is 0 Å². The molecule has 37 heavy (non-hydrogen) atoms. The van der Waals surface area contributed by atoms with Crippen LogP contribution in [0.5, 0.6) is 0 Å². The van der Waals surface area contributed by atoms with Crippen LogP contribution in [-0.4, -0.2) is 29.9 Å². The minimum atomic E-state index is -3.95. The number of rotatable bonds is 7. The standard InChI is InChI=1S/C30H28ClNO4S/c1-30(2,34)27-10-5-4-8-23(27)18-26(29(33)37(3,35)36)22-9-6-7-20(17-22)11-15-25-16-13-21-12-14-24(31)19-28(21)32-25/h4-17,19,26,34H,18H2,1-3H3/t26-/m0/s1. The third kappa shape index (κ3) is 6.52. The molecule has 0 spiro atoms. The Labute approximate surface area is 222 Å². The van der Waals surface area contributed by atoms with Gasteiger partial charge in [-0.15, -0.1) is 0 Å². The van der Waals surface area contributed by atoms with E-state index in [0.29, 0.717) is 16.1 Å². The highest BCUT2D eigenvalue weighted by Crippen LogP contribution is 2.31. The first kappa shape index (κ1) is 26.7. The Bertz CT molecular complexity index is 1600. The summed E-state index contributed by atoms with van der Waals surface area (Å²) in [4.78, 5) is 17.7. The largest absolute Gasteiger partial charge is 0.386 e. The summed E-state index contributed by atoms with van der Waals surface area (Å²) in [6.45, 7) is 3.33. The first-order valence-electron chi connectivity index (χ1n) is 11.8. The third-order valence-corrected chi connectivity index (χ3v) is 7.44. The maximum Gasteiger partial charge on any atom is 0.253 e. The van der Waals surface area contributed by atoms with E-state index in [-0.39, 0.29) is 6.42 Å². The zero-order valence-electron chi connectivity index (χ0n) is 20.9. The lowest BCUT2D eigenvalue weighted by Crippen LogP contribution is -2.25. The van der Waals surface area contributed by atoms with E-state index >= 15 is 0 Å². The highest BCUT2D eigenvalue weighted by molar-refractivity contribution is 8.05. The number of carbonyl (C=O) groups is 1. The molecule has 4 rings (SSSR count). The smallest absolute Gasteiger partial charge is 0.253 e. The van der Waals surface area contributed by atoms with E-state index in [1.807, 2.05) is 72.8 Å². The SMILES string of the molecule is CC(C)(O)c1ccccc1C[C@H](C(=O)S(C)(=O)=O)c1cccc(C=Cc2ccc3ccc(Cl)cc3n2)c1. The Morgan fingerprint density at radius 1 is 1.00 bits per heavy atom. The Morgan fingerprint density at radius 3 is 2.46 bits per heavy atom. The summed E-state index contributed by atoms with van der Waals surface area (Å²) >= 11 is 6.10. The van der Waals surface area contributed by atoms with E-state index in [0.717, 1.165) is 34.0 Å². The zero-order valence-corrected chi connectivity index (χ0v) is 22.4. The van der Waals surface area contributed by atoms with E-state index in [1.54, 1.807) is 32.0 Å². The third-order valence-electron chi connectivity index (χ3n) is 6.19. The van der Waals surface area contributed by atoms with Gasteiger partial charge in [-0.2, -0.15) is 0 Å². The van der Waals surface area contributed by atoms with Crippen molar-refractivity contribution in [1.82, 2.24) is 4.98 Å². The lowest BCUT2D eigenvalue weighted by atomic mass is 9.85. The molecule has 1 heterocycles. The minimum absolute atomic E-state index is 0.145. The molecule has 0 aliphatic carbocycles. The number of pyridine rings is 1. The van der Waals surface area contributed by atoms with Crippen molar-refractivity contribution in [3.63, 3.8) is 0 Å². The molecule has 190 valence electrons. The van der Waals surface area contributed by atoms with Crippen molar-refractivity contribution in [2.45, 2.75) is 31.8 Å². The number of fused-ring (bicyclic) bond motifs is 1. The lowest BCUT2D eigenvalue weighted by molar-refractivity contribution is -0.113. The fraction of sp³-hybridized carbons (Fsp3) is 0.200. The summed E-state index contributed by atoms with van der Waals surface area (Å²) in [5.74, 6) is -0.923. The number of benzene rings is 3. The van der Waals surface area contributed by atoms with Gasteiger partial charge in [0.1, 0.15) is 0 Å².